The Morgan fingerprint density at radius 1 is 1.11 bits per heavy atom. The Morgan fingerprint density at radius 3 is 2.45 bits per heavy atom. The van der Waals surface area contributed by atoms with Gasteiger partial charge in [0.1, 0.15) is 23.0 Å². The summed E-state index contributed by atoms with van der Waals surface area (Å²) in [5.74, 6) is -0.882. The maximum atomic E-state index is 14.5. The van der Waals surface area contributed by atoms with Crippen molar-refractivity contribution in [2.75, 3.05) is 37.8 Å². The minimum Gasteiger partial charge on any atom is -0.507 e. The Labute approximate surface area is 222 Å². The molecule has 38 heavy (non-hydrogen) atoms. The van der Waals surface area contributed by atoms with Crippen molar-refractivity contribution in [1.82, 2.24) is 15.2 Å². The number of carbonyl (C=O) groups is 2. The first-order valence-corrected chi connectivity index (χ1v) is 12.1. The van der Waals surface area contributed by atoms with E-state index in [0.29, 0.717) is 22.6 Å². The quantitative estimate of drug-likeness (QED) is 0.405. The molecule has 0 aliphatic carbocycles. The van der Waals surface area contributed by atoms with E-state index in [1.54, 1.807) is 64.0 Å². The van der Waals surface area contributed by atoms with Crippen LogP contribution >= 0.6 is 0 Å². The highest BCUT2D eigenvalue weighted by atomic mass is 19.1. The van der Waals surface area contributed by atoms with Gasteiger partial charge in [-0.3, -0.25) is 4.79 Å². The first kappa shape index (κ1) is 28.2. The first-order valence-electron chi connectivity index (χ1n) is 12.1. The topological polar surface area (TPSA) is 121 Å². The van der Waals surface area contributed by atoms with Gasteiger partial charge in [-0.1, -0.05) is 6.07 Å². The Balaban J connectivity index is 1.73. The fourth-order valence-corrected chi connectivity index (χ4v) is 3.64. The number of benzene rings is 2. The van der Waals surface area contributed by atoms with E-state index >= 15 is 0 Å². The van der Waals surface area contributed by atoms with Gasteiger partial charge >= 0.3 is 6.09 Å². The Morgan fingerprint density at radius 2 is 1.82 bits per heavy atom. The third kappa shape index (κ3) is 6.90. The highest BCUT2D eigenvalue weighted by Gasteiger charge is 2.20. The average molecular weight is 524 g/mol. The van der Waals surface area contributed by atoms with Crippen molar-refractivity contribution in [2.24, 2.45) is 0 Å². The molecule has 2 aromatic carbocycles. The third-order valence-corrected chi connectivity index (χ3v) is 5.72. The fraction of sp³-hybridized carbons (Fsp3) is 0.321. The molecule has 0 aliphatic rings. The summed E-state index contributed by atoms with van der Waals surface area (Å²) in [4.78, 5) is 32.1. The van der Waals surface area contributed by atoms with Gasteiger partial charge in [0.05, 0.1) is 16.9 Å². The minimum absolute atomic E-state index is 0.0248. The average Bonchev–Trinajstić information content (AvgIpc) is 2.82. The lowest BCUT2D eigenvalue weighted by Gasteiger charge is -2.24. The number of carbonyl (C=O) groups excluding carboxylic acids is 2. The molecule has 1 aromatic heterocycles. The number of phenolic OH excluding ortho intramolecular Hbond substituents is 1. The number of amides is 2. The standard InChI is InChI=1S/C28H34FN5O4/c1-17-7-11-23(21(29)15-17)34(6)18-8-12-24(35)20(16-18)22-10-9-19(25(30)32-22)26(36)31-13-14-33(5)27(37)38-28(2,3)4/h7-12,15-16,35H,13-14H2,1-6H3,(H2,30,32)(H,31,36). The van der Waals surface area contributed by atoms with E-state index in [0.717, 1.165) is 5.56 Å². The van der Waals surface area contributed by atoms with Crippen LogP contribution in [0.4, 0.5) is 26.4 Å². The molecular weight excluding hydrogens is 489 g/mol. The van der Waals surface area contributed by atoms with Crippen molar-refractivity contribution in [1.29, 1.82) is 0 Å². The predicted molar refractivity (Wildman–Crippen MR) is 146 cm³/mol. The van der Waals surface area contributed by atoms with E-state index in [1.807, 2.05) is 13.0 Å². The summed E-state index contributed by atoms with van der Waals surface area (Å²) < 4.78 is 19.8. The second-order valence-electron chi connectivity index (χ2n) is 10.0. The molecular formula is C28H34FN5O4. The number of likely N-dealkylation sites (N-methyl/N-ethyl adjacent to an activating group) is 1. The molecule has 0 atom stereocenters. The van der Waals surface area contributed by atoms with Crippen molar-refractivity contribution in [3.05, 3.63) is 65.5 Å². The summed E-state index contributed by atoms with van der Waals surface area (Å²) in [5.41, 5.74) is 8.16. The van der Waals surface area contributed by atoms with Gasteiger partial charge < -0.3 is 30.7 Å². The van der Waals surface area contributed by atoms with Gasteiger partial charge in [-0.15, -0.1) is 0 Å². The zero-order valence-electron chi connectivity index (χ0n) is 22.5. The molecule has 9 nitrogen and oxygen atoms in total. The molecule has 202 valence electrons. The number of pyridine rings is 1. The molecule has 0 unspecified atom stereocenters. The van der Waals surface area contributed by atoms with Gasteiger partial charge in [0, 0.05) is 38.4 Å². The van der Waals surface area contributed by atoms with Crippen molar-refractivity contribution >= 4 is 29.2 Å². The highest BCUT2D eigenvalue weighted by Crippen LogP contribution is 2.35. The van der Waals surface area contributed by atoms with Crippen LogP contribution in [0, 0.1) is 12.7 Å². The number of halogens is 1. The molecule has 3 rings (SSSR count). The lowest BCUT2D eigenvalue weighted by molar-refractivity contribution is 0.0299. The number of rotatable bonds is 7. The first-order chi connectivity index (χ1) is 17.8. The van der Waals surface area contributed by atoms with Crippen molar-refractivity contribution in [2.45, 2.75) is 33.3 Å². The van der Waals surface area contributed by atoms with Gasteiger partial charge in [0.15, 0.2) is 0 Å². The molecule has 0 fully saturated rings. The summed E-state index contributed by atoms with van der Waals surface area (Å²) in [6.45, 7) is 7.56. The van der Waals surface area contributed by atoms with Crippen LogP contribution in [0.3, 0.4) is 0 Å². The molecule has 0 saturated heterocycles. The summed E-state index contributed by atoms with van der Waals surface area (Å²) in [6.07, 6.45) is -0.491. The summed E-state index contributed by atoms with van der Waals surface area (Å²) in [6, 6.07) is 12.9. The number of aryl methyl sites for hydroxylation is 1. The van der Waals surface area contributed by atoms with E-state index in [4.69, 9.17) is 10.5 Å². The SMILES string of the molecule is Cc1ccc(N(C)c2ccc(O)c(-c3ccc(C(=O)NCCN(C)C(=O)OC(C)(C)C)c(N)n3)c2)c(F)c1. The van der Waals surface area contributed by atoms with E-state index in [-0.39, 0.29) is 36.0 Å². The normalized spacial score (nSPS) is 11.1. The zero-order valence-corrected chi connectivity index (χ0v) is 22.5. The van der Waals surface area contributed by atoms with Gasteiger partial charge in [-0.25, -0.2) is 14.2 Å². The van der Waals surface area contributed by atoms with E-state index in [2.05, 4.69) is 10.3 Å². The Hall–Kier alpha value is -4.34. The van der Waals surface area contributed by atoms with Crippen LogP contribution in [0.2, 0.25) is 0 Å². The second-order valence-corrected chi connectivity index (χ2v) is 10.0. The maximum absolute atomic E-state index is 14.5. The number of anilines is 3. The molecule has 1 heterocycles. The summed E-state index contributed by atoms with van der Waals surface area (Å²) >= 11 is 0. The van der Waals surface area contributed by atoms with Crippen LogP contribution in [-0.2, 0) is 4.74 Å². The molecule has 3 aromatic rings. The Kier molecular flexibility index (Phi) is 8.45. The van der Waals surface area contributed by atoms with Gasteiger partial charge in [-0.2, -0.15) is 0 Å². The van der Waals surface area contributed by atoms with Crippen LogP contribution in [0.1, 0.15) is 36.7 Å². The number of nitrogen functional groups attached to an aromatic ring is 1. The van der Waals surface area contributed by atoms with Gasteiger partial charge in [0.25, 0.3) is 5.91 Å². The second kappa shape index (κ2) is 11.4. The number of nitrogens with two attached hydrogens (primary N) is 1. The fourth-order valence-electron chi connectivity index (χ4n) is 3.64. The minimum atomic E-state index is -0.614. The maximum Gasteiger partial charge on any atom is 0.410 e. The highest BCUT2D eigenvalue weighted by molar-refractivity contribution is 5.98. The van der Waals surface area contributed by atoms with E-state index in [1.165, 1.54) is 23.1 Å². The Bertz CT molecular complexity index is 1340. The van der Waals surface area contributed by atoms with Gasteiger partial charge in [-0.05, 0) is 75.7 Å². The molecule has 0 saturated carbocycles. The van der Waals surface area contributed by atoms with E-state index in [9.17, 15) is 19.1 Å². The number of phenols is 1. The molecule has 0 radical (unpaired) electrons. The predicted octanol–water partition coefficient (Wildman–Crippen LogP) is 4.85. The van der Waals surface area contributed by atoms with Crippen LogP contribution in [0.15, 0.2) is 48.5 Å². The van der Waals surface area contributed by atoms with E-state index < -0.39 is 17.6 Å². The molecule has 4 N–H and O–H groups in total. The lowest BCUT2D eigenvalue weighted by atomic mass is 10.1. The van der Waals surface area contributed by atoms with Crippen LogP contribution in [0.5, 0.6) is 5.75 Å². The smallest absolute Gasteiger partial charge is 0.410 e. The van der Waals surface area contributed by atoms with Crippen molar-refractivity contribution in [3.63, 3.8) is 0 Å². The summed E-state index contributed by atoms with van der Waals surface area (Å²) in [7, 11) is 3.30. The summed E-state index contributed by atoms with van der Waals surface area (Å²) in [5, 5.41) is 13.2. The number of hydrogen-bond donors (Lipinski definition) is 3. The monoisotopic (exact) mass is 523 g/mol. The van der Waals surface area contributed by atoms with Crippen LogP contribution in [-0.4, -0.2) is 59.8 Å². The number of aromatic hydroxyl groups is 1. The molecule has 2 amide bonds. The number of aromatic nitrogens is 1. The molecule has 10 heteroatoms. The molecule has 0 aliphatic heterocycles. The van der Waals surface area contributed by atoms with Crippen molar-refractivity contribution in [3.8, 4) is 17.0 Å². The number of hydrogen-bond acceptors (Lipinski definition) is 7. The number of nitrogens with zero attached hydrogens (tertiary/aromatic N) is 3. The van der Waals surface area contributed by atoms with Gasteiger partial charge in [0.2, 0.25) is 0 Å². The number of nitrogens with one attached hydrogen (secondary N) is 1. The van der Waals surface area contributed by atoms with Crippen molar-refractivity contribution < 1.29 is 23.8 Å². The van der Waals surface area contributed by atoms with Crippen LogP contribution in [0.25, 0.3) is 11.3 Å². The van der Waals surface area contributed by atoms with Crippen LogP contribution < -0.4 is 16.0 Å². The largest absolute Gasteiger partial charge is 0.507 e. The molecule has 0 bridgehead atoms. The zero-order chi connectivity index (χ0) is 28.2. The third-order valence-electron chi connectivity index (χ3n) is 5.72. The number of ether oxygens (including phenoxy) is 1. The molecule has 0 spiro atoms. The lowest BCUT2D eigenvalue weighted by Crippen LogP contribution is -2.39.